The SMILES string of the molecule is O=C(CN(Cc1ccccc1F)S(=O)(=O)c1ccc(Cl)cc1)N[C@H]1CCCc2ccccc21. The lowest BCUT2D eigenvalue weighted by atomic mass is 9.88. The molecule has 0 spiro atoms. The fourth-order valence-corrected chi connectivity index (χ4v) is 5.60. The van der Waals surface area contributed by atoms with Crippen LogP contribution >= 0.6 is 11.6 Å². The van der Waals surface area contributed by atoms with E-state index in [1.807, 2.05) is 24.3 Å². The third kappa shape index (κ3) is 5.43. The maximum Gasteiger partial charge on any atom is 0.243 e. The number of nitrogens with one attached hydrogen (secondary N) is 1. The molecular formula is C25H24ClFN2O3S. The van der Waals surface area contributed by atoms with Gasteiger partial charge >= 0.3 is 0 Å². The summed E-state index contributed by atoms with van der Waals surface area (Å²) < 4.78 is 42.1. The molecule has 0 aliphatic heterocycles. The lowest BCUT2D eigenvalue weighted by Crippen LogP contribution is -2.42. The first-order valence-electron chi connectivity index (χ1n) is 10.7. The van der Waals surface area contributed by atoms with Crippen LogP contribution in [-0.2, 0) is 27.8 Å². The number of benzene rings is 3. The van der Waals surface area contributed by atoms with Crippen molar-refractivity contribution in [2.45, 2.75) is 36.7 Å². The van der Waals surface area contributed by atoms with Crippen LogP contribution < -0.4 is 5.32 Å². The average molecular weight is 487 g/mol. The molecule has 33 heavy (non-hydrogen) atoms. The minimum absolute atomic E-state index is 0.0148. The number of halogens is 2. The van der Waals surface area contributed by atoms with E-state index in [9.17, 15) is 17.6 Å². The molecule has 0 aromatic heterocycles. The Morgan fingerprint density at radius 3 is 2.48 bits per heavy atom. The van der Waals surface area contributed by atoms with Gasteiger partial charge in [-0.1, -0.05) is 54.1 Å². The van der Waals surface area contributed by atoms with Crippen LogP contribution in [0, 0.1) is 5.82 Å². The Morgan fingerprint density at radius 1 is 1.03 bits per heavy atom. The maximum atomic E-state index is 14.3. The topological polar surface area (TPSA) is 66.5 Å². The van der Waals surface area contributed by atoms with Crippen LogP contribution in [0.1, 0.15) is 35.6 Å². The van der Waals surface area contributed by atoms with Gasteiger partial charge in [0.15, 0.2) is 0 Å². The molecule has 1 aliphatic carbocycles. The van der Waals surface area contributed by atoms with E-state index in [1.165, 1.54) is 48.0 Å². The molecule has 0 saturated heterocycles. The van der Waals surface area contributed by atoms with E-state index in [2.05, 4.69) is 5.32 Å². The Hall–Kier alpha value is -2.74. The minimum atomic E-state index is -4.08. The van der Waals surface area contributed by atoms with E-state index in [1.54, 1.807) is 6.07 Å². The zero-order chi connectivity index (χ0) is 23.4. The molecule has 0 saturated carbocycles. The first-order valence-corrected chi connectivity index (χ1v) is 12.5. The van der Waals surface area contributed by atoms with Gasteiger partial charge in [0, 0.05) is 17.1 Å². The monoisotopic (exact) mass is 486 g/mol. The number of hydrogen-bond acceptors (Lipinski definition) is 3. The van der Waals surface area contributed by atoms with Gasteiger partial charge in [-0.2, -0.15) is 4.31 Å². The second-order valence-corrected chi connectivity index (χ2v) is 10.4. The zero-order valence-electron chi connectivity index (χ0n) is 17.9. The molecule has 4 rings (SSSR count). The standard InChI is InChI=1S/C25H24ClFN2O3S/c26-20-12-14-21(15-13-20)33(31,32)29(16-19-7-2-4-10-23(19)27)17-25(30)28-24-11-5-8-18-6-1-3-9-22(18)24/h1-4,6-7,9-10,12-15,24H,5,8,11,16-17H2,(H,28,30)/t24-/m0/s1. The van der Waals surface area contributed by atoms with Gasteiger partial charge in [0.2, 0.25) is 15.9 Å². The summed E-state index contributed by atoms with van der Waals surface area (Å²) in [4.78, 5) is 13.0. The summed E-state index contributed by atoms with van der Waals surface area (Å²) in [5, 5.41) is 3.37. The van der Waals surface area contributed by atoms with Crippen molar-refractivity contribution in [3.05, 3.63) is 100 Å². The van der Waals surface area contributed by atoms with Crippen molar-refractivity contribution in [2.75, 3.05) is 6.54 Å². The van der Waals surface area contributed by atoms with Gasteiger partial charge in [0.1, 0.15) is 5.82 Å². The van der Waals surface area contributed by atoms with Crippen LogP contribution in [0.2, 0.25) is 5.02 Å². The third-order valence-electron chi connectivity index (χ3n) is 5.78. The lowest BCUT2D eigenvalue weighted by Gasteiger charge is -2.28. The number of aryl methyl sites for hydroxylation is 1. The third-order valence-corrected chi connectivity index (χ3v) is 7.84. The van der Waals surface area contributed by atoms with Crippen molar-refractivity contribution in [1.82, 2.24) is 9.62 Å². The molecule has 0 radical (unpaired) electrons. The highest BCUT2D eigenvalue weighted by Crippen LogP contribution is 2.29. The van der Waals surface area contributed by atoms with Crippen molar-refractivity contribution in [1.29, 1.82) is 0 Å². The number of sulfonamides is 1. The lowest BCUT2D eigenvalue weighted by molar-refractivity contribution is -0.122. The predicted molar refractivity (Wildman–Crippen MR) is 126 cm³/mol. The van der Waals surface area contributed by atoms with Crippen LogP contribution in [-0.4, -0.2) is 25.2 Å². The van der Waals surface area contributed by atoms with E-state index in [0.717, 1.165) is 29.1 Å². The average Bonchev–Trinajstić information content (AvgIpc) is 2.80. The fourth-order valence-electron chi connectivity index (χ4n) is 4.10. The molecule has 1 aliphatic rings. The van der Waals surface area contributed by atoms with Crippen LogP contribution in [0.25, 0.3) is 0 Å². The second-order valence-electron chi connectivity index (χ2n) is 8.03. The van der Waals surface area contributed by atoms with Gasteiger partial charge in [-0.05, 0) is 60.7 Å². The van der Waals surface area contributed by atoms with Crippen LogP contribution in [0.5, 0.6) is 0 Å². The number of rotatable bonds is 7. The van der Waals surface area contributed by atoms with E-state index in [4.69, 9.17) is 11.6 Å². The molecule has 3 aromatic carbocycles. The number of nitrogens with zero attached hydrogens (tertiary/aromatic N) is 1. The Labute approximate surface area is 198 Å². The molecule has 0 fully saturated rings. The zero-order valence-corrected chi connectivity index (χ0v) is 19.4. The number of fused-ring (bicyclic) bond motifs is 1. The Bertz CT molecular complexity index is 1250. The smallest absolute Gasteiger partial charge is 0.243 e. The fraction of sp³-hybridized carbons (Fsp3) is 0.240. The highest BCUT2D eigenvalue weighted by molar-refractivity contribution is 7.89. The quantitative estimate of drug-likeness (QED) is 0.518. The van der Waals surface area contributed by atoms with Gasteiger partial charge in [-0.25, -0.2) is 12.8 Å². The number of amides is 1. The van der Waals surface area contributed by atoms with E-state index >= 15 is 0 Å². The molecule has 0 unspecified atom stereocenters. The molecule has 1 amide bonds. The van der Waals surface area contributed by atoms with Gasteiger partial charge in [-0.15, -0.1) is 0 Å². The van der Waals surface area contributed by atoms with Crippen molar-refractivity contribution >= 4 is 27.5 Å². The summed E-state index contributed by atoms with van der Waals surface area (Å²) in [5.41, 5.74) is 2.43. The first kappa shape index (κ1) is 23.4. The maximum absolute atomic E-state index is 14.3. The van der Waals surface area contributed by atoms with Crippen molar-refractivity contribution in [3.8, 4) is 0 Å². The van der Waals surface area contributed by atoms with Gasteiger partial charge in [0.05, 0.1) is 17.5 Å². The molecule has 1 atom stereocenters. The molecule has 5 nitrogen and oxygen atoms in total. The van der Waals surface area contributed by atoms with Gasteiger partial charge in [-0.3, -0.25) is 4.79 Å². The molecule has 8 heteroatoms. The van der Waals surface area contributed by atoms with Crippen molar-refractivity contribution in [2.24, 2.45) is 0 Å². The Morgan fingerprint density at radius 2 is 1.73 bits per heavy atom. The van der Waals surface area contributed by atoms with Crippen molar-refractivity contribution < 1.29 is 17.6 Å². The van der Waals surface area contributed by atoms with Crippen LogP contribution in [0.4, 0.5) is 4.39 Å². The van der Waals surface area contributed by atoms with Crippen molar-refractivity contribution in [3.63, 3.8) is 0 Å². The normalized spacial score (nSPS) is 15.8. The van der Waals surface area contributed by atoms with Gasteiger partial charge in [0.25, 0.3) is 0 Å². The highest BCUT2D eigenvalue weighted by atomic mass is 35.5. The first-order chi connectivity index (χ1) is 15.8. The Balaban J connectivity index is 1.59. The van der Waals surface area contributed by atoms with E-state index < -0.39 is 28.3 Å². The molecule has 1 N–H and O–H groups in total. The number of carbonyl (C=O) groups excluding carboxylic acids is 1. The number of carbonyl (C=O) groups is 1. The minimum Gasteiger partial charge on any atom is -0.348 e. The van der Waals surface area contributed by atoms with E-state index in [0.29, 0.717) is 5.02 Å². The molecule has 3 aromatic rings. The van der Waals surface area contributed by atoms with Gasteiger partial charge < -0.3 is 5.32 Å². The molecule has 0 bridgehead atoms. The summed E-state index contributed by atoms with van der Waals surface area (Å²) in [6, 6.07) is 19.4. The molecular weight excluding hydrogens is 463 g/mol. The molecule has 172 valence electrons. The highest BCUT2D eigenvalue weighted by Gasteiger charge is 2.29. The second kappa shape index (κ2) is 10.0. The summed E-state index contributed by atoms with van der Waals surface area (Å²) in [6.07, 6.45) is 2.66. The summed E-state index contributed by atoms with van der Waals surface area (Å²) >= 11 is 5.90. The molecule has 0 heterocycles. The largest absolute Gasteiger partial charge is 0.348 e. The summed E-state index contributed by atoms with van der Waals surface area (Å²) in [5.74, 6) is -0.971. The van der Waals surface area contributed by atoms with Crippen LogP contribution in [0.15, 0.2) is 77.7 Å². The predicted octanol–water partition coefficient (Wildman–Crippen LogP) is 4.86. The van der Waals surface area contributed by atoms with Crippen LogP contribution in [0.3, 0.4) is 0 Å². The summed E-state index contributed by atoms with van der Waals surface area (Å²) in [7, 11) is -4.08. The number of hydrogen-bond donors (Lipinski definition) is 1. The van der Waals surface area contributed by atoms with E-state index in [-0.39, 0.29) is 23.0 Å². The Kier molecular flexibility index (Phi) is 7.12. The summed E-state index contributed by atoms with van der Waals surface area (Å²) in [6.45, 7) is -0.704.